The SMILES string of the molecule is O=C(Nc1ccc2c(c1)OCCCO2)c1ccc(SCc2cscn2)cc1. The highest BCUT2D eigenvalue weighted by atomic mass is 32.2. The van der Waals surface area contributed by atoms with Crippen LogP contribution < -0.4 is 14.8 Å². The summed E-state index contributed by atoms with van der Waals surface area (Å²) in [6.45, 7) is 1.26. The monoisotopic (exact) mass is 398 g/mol. The molecule has 0 saturated heterocycles. The van der Waals surface area contributed by atoms with Crippen LogP contribution in [0.15, 0.2) is 58.3 Å². The van der Waals surface area contributed by atoms with Crippen molar-refractivity contribution in [2.24, 2.45) is 0 Å². The van der Waals surface area contributed by atoms with Gasteiger partial charge in [0.15, 0.2) is 11.5 Å². The zero-order chi connectivity index (χ0) is 18.5. The Kier molecular flexibility index (Phi) is 5.60. The predicted octanol–water partition coefficient (Wildman–Crippen LogP) is 4.85. The van der Waals surface area contributed by atoms with Gasteiger partial charge in [0.05, 0.1) is 24.4 Å². The summed E-state index contributed by atoms with van der Waals surface area (Å²) >= 11 is 3.30. The summed E-state index contributed by atoms with van der Waals surface area (Å²) in [4.78, 5) is 17.9. The molecule has 2 aromatic carbocycles. The topological polar surface area (TPSA) is 60.5 Å². The minimum atomic E-state index is -0.152. The van der Waals surface area contributed by atoms with Crippen LogP contribution in [0.4, 0.5) is 5.69 Å². The Labute approximate surface area is 165 Å². The van der Waals surface area contributed by atoms with E-state index >= 15 is 0 Å². The van der Waals surface area contributed by atoms with Crippen LogP contribution in [-0.4, -0.2) is 24.1 Å². The van der Waals surface area contributed by atoms with E-state index in [1.54, 1.807) is 29.2 Å². The second kappa shape index (κ2) is 8.45. The van der Waals surface area contributed by atoms with Gasteiger partial charge in [-0.1, -0.05) is 0 Å². The van der Waals surface area contributed by atoms with E-state index in [2.05, 4.69) is 10.3 Å². The van der Waals surface area contributed by atoms with Gasteiger partial charge < -0.3 is 14.8 Å². The summed E-state index contributed by atoms with van der Waals surface area (Å²) in [6.07, 6.45) is 0.850. The van der Waals surface area contributed by atoms with E-state index in [9.17, 15) is 4.79 Å². The average molecular weight is 399 g/mol. The van der Waals surface area contributed by atoms with E-state index in [1.165, 1.54) is 0 Å². The maximum atomic E-state index is 12.5. The summed E-state index contributed by atoms with van der Waals surface area (Å²) < 4.78 is 11.3. The lowest BCUT2D eigenvalue weighted by molar-refractivity contribution is 0.102. The van der Waals surface area contributed by atoms with Gasteiger partial charge in [0.1, 0.15) is 0 Å². The molecule has 0 atom stereocenters. The summed E-state index contributed by atoms with van der Waals surface area (Å²) in [6, 6.07) is 13.0. The first kappa shape index (κ1) is 17.9. The van der Waals surface area contributed by atoms with Crippen molar-refractivity contribution in [1.29, 1.82) is 0 Å². The van der Waals surface area contributed by atoms with Crippen LogP contribution in [0.25, 0.3) is 0 Å². The number of hydrogen-bond acceptors (Lipinski definition) is 6. The van der Waals surface area contributed by atoms with Gasteiger partial charge in [-0.25, -0.2) is 4.98 Å². The first-order chi connectivity index (χ1) is 13.3. The Morgan fingerprint density at radius 3 is 2.70 bits per heavy atom. The van der Waals surface area contributed by atoms with Crippen LogP contribution in [0, 0.1) is 0 Å². The second-order valence-electron chi connectivity index (χ2n) is 5.96. The van der Waals surface area contributed by atoms with Crippen molar-refractivity contribution in [3.8, 4) is 11.5 Å². The third-order valence-corrected chi connectivity index (χ3v) is 5.67. The number of thiazole rings is 1. The van der Waals surface area contributed by atoms with Crippen LogP contribution in [0.2, 0.25) is 0 Å². The van der Waals surface area contributed by atoms with Crippen LogP contribution >= 0.6 is 23.1 Å². The van der Waals surface area contributed by atoms with Gasteiger partial charge in [0.25, 0.3) is 5.91 Å². The third kappa shape index (κ3) is 4.61. The maximum Gasteiger partial charge on any atom is 0.255 e. The minimum absolute atomic E-state index is 0.152. The largest absolute Gasteiger partial charge is 0.490 e. The van der Waals surface area contributed by atoms with E-state index in [0.717, 1.165) is 22.8 Å². The van der Waals surface area contributed by atoms with Gasteiger partial charge in [-0.05, 0) is 36.4 Å². The highest BCUT2D eigenvalue weighted by molar-refractivity contribution is 7.98. The standard InChI is InChI=1S/C20H18N2O3S2/c23-20(22-15-4-7-18-19(10-15)25-9-1-8-24-18)14-2-5-17(6-3-14)27-12-16-11-26-13-21-16/h2-7,10-11,13H,1,8-9,12H2,(H,22,23). The number of benzene rings is 2. The van der Waals surface area contributed by atoms with Crippen molar-refractivity contribution in [1.82, 2.24) is 4.98 Å². The fourth-order valence-corrected chi connectivity index (χ4v) is 4.08. The van der Waals surface area contributed by atoms with Gasteiger partial charge in [0, 0.05) is 39.8 Å². The molecule has 1 aliphatic heterocycles. The number of anilines is 1. The Balaban J connectivity index is 1.38. The summed E-state index contributed by atoms with van der Waals surface area (Å²) in [7, 11) is 0. The number of carbonyl (C=O) groups is 1. The molecular weight excluding hydrogens is 380 g/mol. The summed E-state index contributed by atoms with van der Waals surface area (Å²) in [5.74, 6) is 2.05. The number of nitrogens with zero attached hydrogens (tertiary/aromatic N) is 1. The van der Waals surface area contributed by atoms with Gasteiger partial charge in [0.2, 0.25) is 0 Å². The molecule has 0 bridgehead atoms. The van der Waals surface area contributed by atoms with E-state index < -0.39 is 0 Å². The number of carbonyl (C=O) groups excluding carboxylic acids is 1. The number of hydrogen-bond donors (Lipinski definition) is 1. The zero-order valence-corrected chi connectivity index (χ0v) is 16.1. The molecule has 1 aromatic heterocycles. The van der Waals surface area contributed by atoms with Gasteiger partial charge in [-0.3, -0.25) is 4.79 Å². The molecule has 0 saturated carbocycles. The average Bonchev–Trinajstić information content (AvgIpc) is 3.11. The summed E-state index contributed by atoms with van der Waals surface area (Å²) in [5, 5.41) is 4.96. The summed E-state index contributed by atoms with van der Waals surface area (Å²) in [5.41, 5.74) is 4.20. The van der Waals surface area contributed by atoms with Crippen molar-refractivity contribution < 1.29 is 14.3 Å². The van der Waals surface area contributed by atoms with E-state index in [1.807, 2.05) is 47.3 Å². The molecule has 7 heteroatoms. The Morgan fingerprint density at radius 1 is 1.11 bits per heavy atom. The lowest BCUT2D eigenvalue weighted by Crippen LogP contribution is -2.11. The molecule has 0 spiro atoms. The lowest BCUT2D eigenvalue weighted by Gasteiger charge is -2.10. The molecule has 1 amide bonds. The normalized spacial score (nSPS) is 13.0. The molecule has 0 aliphatic carbocycles. The Morgan fingerprint density at radius 2 is 1.93 bits per heavy atom. The van der Waals surface area contributed by atoms with Crippen molar-refractivity contribution in [3.63, 3.8) is 0 Å². The van der Waals surface area contributed by atoms with E-state index in [-0.39, 0.29) is 5.91 Å². The quantitative estimate of drug-likeness (QED) is 0.623. The Hall–Kier alpha value is -2.51. The van der Waals surface area contributed by atoms with Crippen molar-refractivity contribution in [2.75, 3.05) is 18.5 Å². The predicted molar refractivity (Wildman–Crippen MR) is 108 cm³/mol. The van der Waals surface area contributed by atoms with Crippen molar-refractivity contribution >= 4 is 34.7 Å². The molecule has 3 aromatic rings. The van der Waals surface area contributed by atoms with Gasteiger partial charge in [-0.2, -0.15) is 0 Å². The van der Waals surface area contributed by atoms with E-state index in [0.29, 0.717) is 36.0 Å². The Bertz CT molecular complexity index is 911. The molecule has 27 heavy (non-hydrogen) atoms. The number of aromatic nitrogens is 1. The second-order valence-corrected chi connectivity index (χ2v) is 7.73. The third-order valence-electron chi connectivity index (χ3n) is 3.99. The molecular formula is C20H18N2O3S2. The van der Waals surface area contributed by atoms with Crippen LogP contribution in [-0.2, 0) is 5.75 Å². The van der Waals surface area contributed by atoms with Crippen LogP contribution in [0.5, 0.6) is 11.5 Å². The molecule has 5 nitrogen and oxygen atoms in total. The van der Waals surface area contributed by atoms with Gasteiger partial charge >= 0.3 is 0 Å². The molecule has 1 aliphatic rings. The fraction of sp³-hybridized carbons (Fsp3) is 0.200. The molecule has 0 unspecified atom stereocenters. The van der Waals surface area contributed by atoms with Crippen LogP contribution in [0.1, 0.15) is 22.5 Å². The molecule has 2 heterocycles. The zero-order valence-electron chi connectivity index (χ0n) is 14.5. The molecule has 0 radical (unpaired) electrons. The number of thioether (sulfide) groups is 1. The molecule has 1 N–H and O–H groups in total. The van der Waals surface area contributed by atoms with Crippen LogP contribution in [0.3, 0.4) is 0 Å². The maximum absolute atomic E-state index is 12.5. The first-order valence-corrected chi connectivity index (χ1v) is 10.5. The first-order valence-electron chi connectivity index (χ1n) is 8.59. The lowest BCUT2D eigenvalue weighted by atomic mass is 10.2. The van der Waals surface area contributed by atoms with Crippen molar-refractivity contribution in [3.05, 3.63) is 64.6 Å². The van der Waals surface area contributed by atoms with Gasteiger partial charge in [-0.15, -0.1) is 23.1 Å². The number of amides is 1. The number of ether oxygens (including phenoxy) is 2. The molecule has 138 valence electrons. The highest BCUT2D eigenvalue weighted by Crippen LogP contribution is 2.32. The van der Waals surface area contributed by atoms with Crippen molar-refractivity contribution in [2.45, 2.75) is 17.1 Å². The molecule has 4 rings (SSSR count). The smallest absolute Gasteiger partial charge is 0.255 e. The highest BCUT2D eigenvalue weighted by Gasteiger charge is 2.12. The number of fused-ring (bicyclic) bond motifs is 1. The number of rotatable bonds is 5. The number of nitrogens with one attached hydrogen (secondary N) is 1. The van der Waals surface area contributed by atoms with E-state index in [4.69, 9.17) is 9.47 Å². The molecule has 0 fully saturated rings. The minimum Gasteiger partial charge on any atom is -0.490 e. The fourth-order valence-electron chi connectivity index (χ4n) is 2.61.